The normalized spacial score (nSPS) is 11.1. The van der Waals surface area contributed by atoms with Crippen molar-refractivity contribution in [2.24, 2.45) is 0 Å². The Labute approximate surface area is 124 Å². The second-order valence-corrected chi connectivity index (χ2v) is 6.79. The van der Waals surface area contributed by atoms with Crippen LogP contribution in [-0.2, 0) is 0 Å². The van der Waals surface area contributed by atoms with Crippen molar-refractivity contribution in [1.29, 1.82) is 0 Å². The molecule has 0 bridgehead atoms. The molecular formula is C13H26B6. The summed E-state index contributed by atoms with van der Waals surface area (Å²) < 4.78 is 0. The highest BCUT2D eigenvalue weighted by Crippen LogP contribution is 2.26. The molecule has 0 saturated heterocycles. The average molecular weight is 247 g/mol. The van der Waals surface area contributed by atoms with Crippen molar-refractivity contribution in [1.82, 2.24) is 0 Å². The molecular weight excluding hydrogens is 221 g/mol. The van der Waals surface area contributed by atoms with E-state index in [9.17, 15) is 0 Å². The zero-order chi connectivity index (χ0) is 14.9. The molecule has 1 aromatic rings. The highest BCUT2D eigenvalue weighted by atomic mass is 14.2. The third kappa shape index (κ3) is 3.03. The van der Waals surface area contributed by atoms with Crippen LogP contribution < -0.4 is 16.4 Å². The summed E-state index contributed by atoms with van der Waals surface area (Å²) in [5, 5.41) is 0. The van der Waals surface area contributed by atoms with Gasteiger partial charge in [0.25, 0.3) is 0 Å². The van der Waals surface area contributed by atoms with Crippen LogP contribution in [0.2, 0.25) is 0 Å². The molecule has 0 aromatic heterocycles. The maximum absolute atomic E-state index is 2.34. The van der Waals surface area contributed by atoms with E-state index >= 15 is 0 Å². The first-order valence-electron chi connectivity index (χ1n) is 7.89. The first-order chi connectivity index (χ1) is 8.73. The molecule has 0 aliphatic rings. The SMILES string of the molecule is BBc1c(B)c(C(C)C)c(C(C)C)c(C)c1B(B)B. The molecule has 6 heteroatoms. The maximum atomic E-state index is 2.34. The molecule has 0 nitrogen and oxygen atoms in total. The first-order valence-corrected chi connectivity index (χ1v) is 7.89. The van der Waals surface area contributed by atoms with E-state index in [0.29, 0.717) is 18.3 Å². The minimum atomic E-state index is 0.611. The highest BCUT2D eigenvalue weighted by Gasteiger charge is 2.23. The molecule has 0 radical (unpaired) electrons. The van der Waals surface area contributed by atoms with Gasteiger partial charge in [-0.25, -0.2) is 0 Å². The molecule has 0 spiro atoms. The Balaban J connectivity index is 3.82. The lowest BCUT2D eigenvalue weighted by Gasteiger charge is -2.29. The van der Waals surface area contributed by atoms with E-state index in [1.165, 1.54) is 0 Å². The first kappa shape index (κ1) is 16.7. The van der Waals surface area contributed by atoms with Gasteiger partial charge in [0.05, 0.1) is 29.7 Å². The predicted molar refractivity (Wildman–Crippen MR) is 105 cm³/mol. The second kappa shape index (κ2) is 6.37. The van der Waals surface area contributed by atoms with Gasteiger partial charge >= 0.3 is 0 Å². The minimum absolute atomic E-state index is 0.611. The van der Waals surface area contributed by atoms with Gasteiger partial charge in [-0.1, -0.05) is 38.7 Å². The van der Waals surface area contributed by atoms with Gasteiger partial charge < -0.3 is 0 Å². The summed E-state index contributed by atoms with van der Waals surface area (Å²) in [6, 6.07) is 0. The van der Waals surface area contributed by atoms with Crippen LogP contribution in [0.4, 0.5) is 0 Å². The molecule has 19 heavy (non-hydrogen) atoms. The zero-order valence-electron chi connectivity index (χ0n) is 14.4. The number of benzene rings is 1. The van der Waals surface area contributed by atoms with Gasteiger partial charge in [0.1, 0.15) is 15.0 Å². The molecule has 96 valence electrons. The van der Waals surface area contributed by atoms with Crippen molar-refractivity contribution in [2.45, 2.75) is 46.5 Å². The van der Waals surface area contributed by atoms with Crippen LogP contribution in [0.3, 0.4) is 0 Å². The lowest BCUT2D eigenvalue weighted by molar-refractivity contribution is 0.790. The predicted octanol–water partition coefficient (Wildman–Crippen LogP) is -2.93. The maximum Gasteiger partial charge on any atom is 0.138 e. The van der Waals surface area contributed by atoms with E-state index < -0.39 is 0 Å². The van der Waals surface area contributed by atoms with E-state index in [-0.39, 0.29) is 0 Å². The lowest BCUT2D eigenvalue weighted by Crippen LogP contribution is -2.55. The molecule has 0 N–H and O–H groups in total. The largest absolute Gasteiger partial charge is 0.138 e. The Morgan fingerprint density at radius 3 is 1.79 bits per heavy atom. The van der Waals surface area contributed by atoms with Crippen molar-refractivity contribution < 1.29 is 0 Å². The fourth-order valence-electron chi connectivity index (χ4n) is 3.87. The van der Waals surface area contributed by atoms with Gasteiger partial charge in [0.2, 0.25) is 0 Å². The summed E-state index contributed by atoms with van der Waals surface area (Å²) in [5.74, 6) is 1.22. The van der Waals surface area contributed by atoms with E-state index in [2.05, 4.69) is 65.7 Å². The Kier molecular flexibility index (Phi) is 5.59. The molecule has 1 aromatic carbocycles. The van der Waals surface area contributed by atoms with Crippen molar-refractivity contribution in [3.05, 3.63) is 16.7 Å². The molecule has 0 atom stereocenters. The third-order valence-corrected chi connectivity index (χ3v) is 4.37. The smallest absolute Gasteiger partial charge is 0.106 e. The summed E-state index contributed by atoms with van der Waals surface area (Å²) in [6.45, 7) is 12.3. The summed E-state index contributed by atoms with van der Waals surface area (Å²) in [6.07, 6.45) is 0. The van der Waals surface area contributed by atoms with Crippen LogP contribution in [0.1, 0.15) is 56.2 Å². The number of rotatable bonds is 4. The third-order valence-electron chi connectivity index (χ3n) is 4.37. The van der Waals surface area contributed by atoms with Crippen LogP contribution in [0, 0.1) is 6.92 Å². The molecule has 1 rings (SSSR count). The van der Waals surface area contributed by atoms with Gasteiger partial charge in [-0.05, 0) is 29.9 Å². The summed E-state index contributed by atoms with van der Waals surface area (Å²) in [5.41, 5.74) is 9.52. The molecule has 0 fully saturated rings. The van der Waals surface area contributed by atoms with Gasteiger partial charge in [0, 0.05) is 0 Å². The van der Waals surface area contributed by atoms with Crippen LogP contribution in [-0.4, -0.2) is 44.7 Å². The fourth-order valence-corrected chi connectivity index (χ4v) is 3.87. The molecule has 0 unspecified atom stereocenters. The van der Waals surface area contributed by atoms with Crippen LogP contribution in [0.15, 0.2) is 0 Å². The average Bonchev–Trinajstić information content (AvgIpc) is 2.28. The molecule has 0 amide bonds. The highest BCUT2D eigenvalue weighted by molar-refractivity contribution is 7.36. The fraction of sp³-hybridized carbons (Fsp3) is 0.538. The summed E-state index contributed by atoms with van der Waals surface area (Å²) in [4.78, 5) is 0. The van der Waals surface area contributed by atoms with Gasteiger partial charge in [-0.2, -0.15) is 0 Å². The van der Waals surface area contributed by atoms with Crippen LogP contribution in [0.5, 0.6) is 0 Å². The monoisotopic (exact) mass is 248 g/mol. The van der Waals surface area contributed by atoms with Crippen LogP contribution in [0.25, 0.3) is 0 Å². The van der Waals surface area contributed by atoms with E-state index in [0.717, 1.165) is 7.17 Å². The van der Waals surface area contributed by atoms with Crippen molar-refractivity contribution in [3.8, 4) is 0 Å². The minimum Gasteiger partial charge on any atom is -0.106 e. The Morgan fingerprint density at radius 1 is 1.00 bits per heavy atom. The number of hydrogen-bond donors (Lipinski definition) is 0. The van der Waals surface area contributed by atoms with Gasteiger partial charge in [-0.15, -0.1) is 10.9 Å². The zero-order valence-corrected chi connectivity index (χ0v) is 14.4. The number of hydrogen-bond acceptors (Lipinski definition) is 0. The lowest BCUT2D eigenvalue weighted by atomic mass is 9.14. The molecule has 0 heterocycles. The summed E-state index contributed by atoms with van der Waals surface area (Å²) >= 11 is 0. The van der Waals surface area contributed by atoms with E-state index in [1.54, 1.807) is 33.1 Å². The van der Waals surface area contributed by atoms with Gasteiger partial charge in [0.15, 0.2) is 0 Å². The van der Waals surface area contributed by atoms with Crippen molar-refractivity contribution >= 4 is 61.1 Å². The summed E-state index contributed by atoms with van der Waals surface area (Å²) in [7, 11) is 10.5. The topological polar surface area (TPSA) is 0 Å². The molecule has 0 aliphatic heterocycles. The second-order valence-electron chi connectivity index (χ2n) is 6.79. The quantitative estimate of drug-likeness (QED) is 0.500. The Morgan fingerprint density at radius 2 is 1.47 bits per heavy atom. The molecule has 0 saturated carbocycles. The van der Waals surface area contributed by atoms with Crippen molar-refractivity contribution in [3.63, 3.8) is 0 Å². The Bertz CT molecular complexity index is 465. The van der Waals surface area contributed by atoms with Crippen LogP contribution >= 0.6 is 0 Å². The van der Waals surface area contributed by atoms with Gasteiger partial charge in [-0.3, -0.25) is 0 Å². The van der Waals surface area contributed by atoms with E-state index in [4.69, 9.17) is 0 Å². The molecule has 0 aliphatic carbocycles. The Hall–Kier alpha value is -0.390. The van der Waals surface area contributed by atoms with Crippen molar-refractivity contribution in [2.75, 3.05) is 0 Å². The standard InChI is InChI=1S/C13H26B6/c1-6(2)9-8(5)13(19(16)17)12(18-15)11(14)10(9)7(3)4/h6-7,18H,14-17H2,1-5H3. The van der Waals surface area contributed by atoms with E-state index in [1.807, 2.05) is 0 Å².